The number of anilines is 3. The maximum absolute atomic E-state index is 13.7. The summed E-state index contributed by atoms with van der Waals surface area (Å²) in [7, 11) is 3.02. The zero-order chi connectivity index (χ0) is 14.0. The molecule has 100 valence electrons. The predicted molar refractivity (Wildman–Crippen MR) is 71.8 cm³/mol. The van der Waals surface area contributed by atoms with E-state index in [4.69, 9.17) is 10.5 Å². The van der Waals surface area contributed by atoms with Crippen LogP contribution in [0.5, 0.6) is 5.75 Å². The number of nitrogens with zero attached hydrogens (tertiary/aromatic N) is 1. The van der Waals surface area contributed by atoms with Crippen molar-refractivity contribution in [1.82, 2.24) is 0 Å². The Labute approximate surface area is 110 Å². The molecule has 5 heteroatoms. The largest absolute Gasteiger partial charge is 0.494 e. The van der Waals surface area contributed by atoms with Gasteiger partial charge in [0.15, 0.2) is 11.6 Å². The SMILES string of the molecule is COc1cc(N(C)c2ccccc2F)c(N)cc1F. The van der Waals surface area contributed by atoms with Gasteiger partial charge in [0.05, 0.1) is 24.2 Å². The lowest BCUT2D eigenvalue weighted by Crippen LogP contribution is -2.13. The number of hydrogen-bond acceptors (Lipinski definition) is 3. The standard InChI is InChI=1S/C14H14F2N2O/c1-18(12-6-4-3-5-9(12)15)13-8-14(19-2)10(16)7-11(13)17/h3-8H,17H2,1-2H3. The van der Waals surface area contributed by atoms with Crippen molar-refractivity contribution in [3.63, 3.8) is 0 Å². The molecule has 2 aromatic rings. The van der Waals surface area contributed by atoms with E-state index in [9.17, 15) is 8.78 Å². The van der Waals surface area contributed by atoms with Crippen LogP contribution in [0.2, 0.25) is 0 Å². The second-order valence-corrected chi connectivity index (χ2v) is 4.06. The van der Waals surface area contributed by atoms with Gasteiger partial charge in [0.2, 0.25) is 0 Å². The minimum absolute atomic E-state index is 0.0624. The summed E-state index contributed by atoms with van der Waals surface area (Å²) in [6.45, 7) is 0. The monoisotopic (exact) mass is 264 g/mol. The molecule has 2 aromatic carbocycles. The minimum Gasteiger partial charge on any atom is -0.494 e. The lowest BCUT2D eigenvalue weighted by molar-refractivity contribution is 0.387. The molecule has 0 spiro atoms. The molecule has 3 nitrogen and oxygen atoms in total. The molecule has 19 heavy (non-hydrogen) atoms. The van der Waals surface area contributed by atoms with Crippen molar-refractivity contribution in [2.24, 2.45) is 0 Å². The summed E-state index contributed by atoms with van der Waals surface area (Å²) in [4.78, 5) is 1.55. The highest BCUT2D eigenvalue weighted by molar-refractivity contribution is 5.76. The third kappa shape index (κ3) is 2.45. The van der Waals surface area contributed by atoms with Gasteiger partial charge in [-0.15, -0.1) is 0 Å². The number of para-hydroxylation sites is 1. The zero-order valence-corrected chi connectivity index (χ0v) is 10.7. The van der Waals surface area contributed by atoms with Crippen LogP contribution in [-0.4, -0.2) is 14.2 Å². The predicted octanol–water partition coefficient (Wildman–Crippen LogP) is 3.32. The Morgan fingerprint density at radius 1 is 1.05 bits per heavy atom. The van der Waals surface area contributed by atoms with Gasteiger partial charge in [-0.1, -0.05) is 12.1 Å². The van der Waals surface area contributed by atoms with E-state index in [0.29, 0.717) is 11.4 Å². The number of methoxy groups -OCH3 is 1. The first kappa shape index (κ1) is 13.1. The Balaban J connectivity index is 2.50. The third-order valence-electron chi connectivity index (χ3n) is 2.88. The molecule has 0 amide bonds. The Kier molecular flexibility index (Phi) is 3.55. The van der Waals surface area contributed by atoms with Gasteiger partial charge in [0.25, 0.3) is 0 Å². The number of nitrogens with two attached hydrogens (primary N) is 1. The number of nitrogen functional groups attached to an aromatic ring is 1. The van der Waals surface area contributed by atoms with Crippen LogP contribution in [0.3, 0.4) is 0 Å². The van der Waals surface area contributed by atoms with Crippen molar-refractivity contribution in [3.8, 4) is 5.75 Å². The lowest BCUT2D eigenvalue weighted by Gasteiger charge is -2.22. The molecule has 0 aromatic heterocycles. The highest BCUT2D eigenvalue weighted by atomic mass is 19.1. The van der Waals surface area contributed by atoms with E-state index < -0.39 is 5.82 Å². The topological polar surface area (TPSA) is 38.5 Å². The van der Waals surface area contributed by atoms with Crippen LogP contribution in [-0.2, 0) is 0 Å². The Morgan fingerprint density at radius 3 is 2.37 bits per heavy atom. The van der Waals surface area contributed by atoms with Crippen LogP contribution in [0.1, 0.15) is 0 Å². The highest BCUT2D eigenvalue weighted by Gasteiger charge is 2.15. The number of ether oxygens (including phenoxy) is 1. The number of hydrogen-bond donors (Lipinski definition) is 1. The molecule has 0 unspecified atom stereocenters. The first-order valence-electron chi connectivity index (χ1n) is 5.66. The van der Waals surface area contributed by atoms with Crippen LogP contribution in [0, 0.1) is 11.6 Å². The molecule has 0 bridgehead atoms. The van der Waals surface area contributed by atoms with Crippen molar-refractivity contribution in [1.29, 1.82) is 0 Å². The lowest BCUT2D eigenvalue weighted by atomic mass is 10.2. The first-order valence-corrected chi connectivity index (χ1v) is 5.66. The van der Waals surface area contributed by atoms with Crippen molar-refractivity contribution >= 4 is 17.1 Å². The van der Waals surface area contributed by atoms with Gasteiger partial charge in [-0.3, -0.25) is 0 Å². The summed E-state index contributed by atoms with van der Waals surface area (Å²) in [5.74, 6) is -0.870. The number of halogens is 2. The van der Waals surface area contributed by atoms with E-state index in [2.05, 4.69) is 0 Å². The zero-order valence-electron chi connectivity index (χ0n) is 10.7. The summed E-state index contributed by atoms with van der Waals surface area (Å²) >= 11 is 0. The third-order valence-corrected chi connectivity index (χ3v) is 2.88. The maximum Gasteiger partial charge on any atom is 0.167 e. The van der Waals surface area contributed by atoms with Gasteiger partial charge in [-0.05, 0) is 12.1 Å². The summed E-state index contributed by atoms with van der Waals surface area (Å²) in [6, 6.07) is 8.88. The Bertz CT molecular complexity index is 602. The van der Waals surface area contributed by atoms with Crippen LogP contribution >= 0.6 is 0 Å². The molecule has 2 rings (SSSR count). The summed E-state index contributed by atoms with van der Waals surface area (Å²) in [5, 5.41) is 0. The quantitative estimate of drug-likeness (QED) is 0.864. The van der Waals surface area contributed by atoms with Crippen molar-refractivity contribution in [2.75, 3.05) is 24.8 Å². The van der Waals surface area contributed by atoms with Crippen LogP contribution < -0.4 is 15.4 Å². The van der Waals surface area contributed by atoms with Gasteiger partial charge < -0.3 is 15.4 Å². The molecule has 0 saturated carbocycles. The molecule has 0 fully saturated rings. The number of rotatable bonds is 3. The van der Waals surface area contributed by atoms with E-state index in [1.54, 1.807) is 30.1 Å². The van der Waals surface area contributed by atoms with Crippen molar-refractivity contribution < 1.29 is 13.5 Å². The van der Waals surface area contributed by atoms with E-state index in [1.807, 2.05) is 0 Å². The number of benzene rings is 2. The highest BCUT2D eigenvalue weighted by Crippen LogP contribution is 2.34. The average molecular weight is 264 g/mol. The normalized spacial score (nSPS) is 10.3. The summed E-state index contributed by atoms with van der Waals surface area (Å²) < 4.78 is 32.1. The molecule has 0 aliphatic heterocycles. The fourth-order valence-electron chi connectivity index (χ4n) is 1.86. The van der Waals surface area contributed by atoms with E-state index in [0.717, 1.165) is 6.07 Å². The van der Waals surface area contributed by atoms with E-state index >= 15 is 0 Å². The van der Waals surface area contributed by atoms with Gasteiger partial charge in [-0.25, -0.2) is 8.78 Å². The molecule has 2 N–H and O–H groups in total. The molecule has 0 aliphatic carbocycles. The Hall–Kier alpha value is -2.30. The van der Waals surface area contributed by atoms with Gasteiger partial charge in [-0.2, -0.15) is 0 Å². The summed E-state index contributed by atoms with van der Waals surface area (Å²) in [6.07, 6.45) is 0. The molecule has 0 heterocycles. The van der Waals surface area contributed by atoms with E-state index in [1.165, 1.54) is 19.2 Å². The molecule has 0 atom stereocenters. The van der Waals surface area contributed by atoms with E-state index in [-0.39, 0.29) is 17.3 Å². The van der Waals surface area contributed by atoms with Crippen molar-refractivity contribution in [3.05, 3.63) is 48.0 Å². The minimum atomic E-state index is -0.550. The van der Waals surface area contributed by atoms with Crippen LogP contribution in [0.4, 0.5) is 25.8 Å². The van der Waals surface area contributed by atoms with Crippen molar-refractivity contribution in [2.45, 2.75) is 0 Å². The van der Waals surface area contributed by atoms with Crippen LogP contribution in [0.15, 0.2) is 36.4 Å². The fraction of sp³-hybridized carbons (Fsp3) is 0.143. The van der Waals surface area contributed by atoms with Crippen LogP contribution in [0.25, 0.3) is 0 Å². The average Bonchev–Trinajstić information content (AvgIpc) is 2.39. The fourth-order valence-corrected chi connectivity index (χ4v) is 1.86. The van der Waals surface area contributed by atoms with Gasteiger partial charge >= 0.3 is 0 Å². The Morgan fingerprint density at radius 2 is 1.74 bits per heavy atom. The first-order chi connectivity index (χ1) is 9.04. The van der Waals surface area contributed by atoms with Gasteiger partial charge in [0, 0.05) is 19.2 Å². The second kappa shape index (κ2) is 5.14. The summed E-state index contributed by atoms with van der Waals surface area (Å²) in [5.41, 5.74) is 6.81. The smallest absolute Gasteiger partial charge is 0.167 e. The molecule has 0 radical (unpaired) electrons. The molecular weight excluding hydrogens is 250 g/mol. The molecular formula is C14H14F2N2O. The molecule has 0 saturated heterocycles. The maximum atomic E-state index is 13.7. The van der Waals surface area contributed by atoms with Gasteiger partial charge in [0.1, 0.15) is 5.82 Å². The molecule has 0 aliphatic rings. The second-order valence-electron chi connectivity index (χ2n) is 4.06.